The van der Waals surface area contributed by atoms with E-state index in [1.807, 2.05) is 6.92 Å². The minimum atomic E-state index is -0.306. The molecule has 5 heteroatoms. The highest BCUT2D eigenvalue weighted by molar-refractivity contribution is 9.10. The molecule has 2 aromatic rings. The summed E-state index contributed by atoms with van der Waals surface area (Å²) in [5.74, 6) is -0.733. The molecule has 1 aromatic heterocycles. The second-order valence-corrected chi connectivity index (χ2v) is 5.18. The van der Waals surface area contributed by atoms with Crippen LogP contribution in [0.25, 0.3) is 0 Å². The Bertz CT molecular complexity index is 584. The molecular weight excluding hydrogens is 323 g/mol. The number of nitrogens with one attached hydrogen (secondary N) is 1. The van der Waals surface area contributed by atoms with E-state index in [9.17, 15) is 9.18 Å². The minimum absolute atomic E-state index is 0.122. The van der Waals surface area contributed by atoms with Crippen LogP contribution in [0.4, 0.5) is 10.1 Å². The van der Waals surface area contributed by atoms with E-state index in [1.165, 1.54) is 12.1 Å². The van der Waals surface area contributed by atoms with Gasteiger partial charge in [0.25, 0.3) is 0 Å². The number of amides is 1. The molecule has 2 rings (SSSR count). The van der Waals surface area contributed by atoms with E-state index in [0.29, 0.717) is 16.7 Å². The second kappa shape index (κ2) is 6.61. The average molecular weight is 337 g/mol. The molecule has 1 amide bonds. The molecular formula is C15H14BrFN2O. The second-order valence-electron chi connectivity index (χ2n) is 4.37. The summed E-state index contributed by atoms with van der Waals surface area (Å²) in [6.45, 7) is 1.92. The van der Waals surface area contributed by atoms with Gasteiger partial charge in [0.1, 0.15) is 10.4 Å². The molecule has 0 saturated carbocycles. The monoisotopic (exact) mass is 336 g/mol. The van der Waals surface area contributed by atoms with Crippen LogP contribution in [0.3, 0.4) is 0 Å². The zero-order valence-electron chi connectivity index (χ0n) is 10.9. The molecule has 104 valence electrons. The van der Waals surface area contributed by atoms with Crippen molar-refractivity contribution >= 4 is 27.5 Å². The van der Waals surface area contributed by atoms with E-state index >= 15 is 0 Å². The molecule has 1 unspecified atom stereocenters. The molecule has 0 bridgehead atoms. The van der Waals surface area contributed by atoms with Gasteiger partial charge < -0.3 is 5.32 Å². The molecule has 0 aliphatic carbocycles. The highest BCUT2D eigenvalue weighted by Gasteiger charge is 2.18. The number of aromatic nitrogens is 1. The predicted molar refractivity (Wildman–Crippen MR) is 80.0 cm³/mol. The number of pyridine rings is 1. The van der Waals surface area contributed by atoms with Gasteiger partial charge in [0.05, 0.1) is 17.8 Å². The van der Waals surface area contributed by atoms with Crippen LogP contribution in [0.2, 0.25) is 0 Å². The van der Waals surface area contributed by atoms with E-state index in [0.717, 1.165) is 5.56 Å². The lowest BCUT2D eigenvalue weighted by molar-refractivity contribution is -0.117. The molecule has 1 heterocycles. The summed E-state index contributed by atoms with van der Waals surface area (Å²) in [4.78, 5) is 16.3. The molecule has 0 aliphatic rings. The topological polar surface area (TPSA) is 42.0 Å². The standard InChI is InChI=1S/C15H14BrFN2O/c1-2-13(10-3-5-11(17)6-4-10)15(20)19-12-7-8-14(16)18-9-12/h3-9,13H,2H2,1H3,(H,19,20). The van der Waals surface area contributed by atoms with Crippen LogP contribution in [-0.2, 0) is 4.79 Å². The molecule has 0 aliphatic heterocycles. The van der Waals surface area contributed by atoms with Crippen molar-refractivity contribution in [3.8, 4) is 0 Å². The first kappa shape index (κ1) is 14.7. The maximum absolute atomic E-state index is 12.9. The van der Waals surface area contributed by atoms with Crippen LogP contribution in [-0.4, -0.2) is 10.9 Å². The maximum atomic E-state index is 12.9. The zero-order chi connectivity index (χ0) is 14.5. The predicted octanol–water partition coefficient (Wildman–Crippen LogP) is 4.12. The fourth-order valence-electron chi connectivity index (χ4n) is 1.95. The largest absolute Gasteiger partial charge is 0.324 e. The molecule has 1 N–H and O–H groups in total. The first-order valence-corrected chi connectivity index (χ1v) is 7.07. The van der Waals surface area contributed by atoms with Gasteiger partial charge in [-0.05, 0) is 52.2 Å². The van der Waals surface area contributed by atoms with Gasteiger partial charge in [-0.3, -0.25) is 4.79 Å². The van der Waals surface area contributed by atoms with Gasteiger partial charge in [-0.2, -0.15) is 0 Å². The molecule has 20 heavy (non-hydrogen) atoms. The lowest BCUT2D eigenvalue weighted by Crippen LogP contribution is -2.20. The van der Waals surface area contributed by atoms with E-state index < -0.39 is 0 Å². The van der Waals surface area contributed by atoms with Crippen molar-refractivity contribution in [2.75, 3.05) is 5.32 Å². The molecule has 0 fully saturated rings. The van der Waals surface area contributed by atoms with Crippen molar-refractivity contribution in [1.82, 2.24) is 4.98 Å². The van der Waals surface area contributed by atoms with Crippen LogP contribution in [0.5, 0.6) is 0 Å². The van der Waals surface area contributed by atoms with Crippen molar-refractivity contribution in [1.29, 1.82) is 0 Å². The molecule has 1 aromatic carbocycles. The van der Waals surface area contributed by atoms with Gasteiger partial charge in [0.2, 0.25) is 5.91 Å². The number of hydrogen-bond acceptors (Lipinski definition) is 2. The van der Waals surface area contributed by atoms with E-state index in [1.54, 1.807) is 30.5 Å². The Labute approximate surface area is 125 Å². The summed E-state index contributed by atoms with van der Waals surface area (Å²) in [6, 6.07) is 9.55. The normalized spacial score (nSPS) is 11.9. The fraction of sp³-hybridized carbons (Fsp3) is 0.200. The fourth-order valence-corrected chi connectivity index (χ4v) is 2.18. The maximum Gasteiger partial charge on any atom is 0.231 e. The van der Waals surface area contributed by atoms with E-state index in [4.69, 9.17) is 0 Å². The number of carbonyl (C=O) groups is 1. The summed E-state index contributed by atoms with van der Waals surface area (Å²) < 4.78 is 13.6. The first-order valence-electron chi connectivity index (χ1n) is 6.28. The number of carbonyl (C=O) groups excluding carboxylic acids is 1. The first-order chi connectivity index (χ1) is 9.60. The van der Waals surface area contributed by atoms with Gasteiger partial charge in [0.15, 0.2) is 0 Å². The summed E-state index contributed by atoms with van der Waals surface area (Å²) >= 11 is 3.24. The zero-order valence-corrected chi connectivity index (χ0v) is 12.5. The number of hydrogen-bond donors (Lipinski definition) is 1. The Kier molecular flexibility index (Phi) is 4.84. The molecule has 1 atom stereocenters. The Balaban J connectivity index is 2.13. The van der Waals surface area contributed by atoms with Gasteiger partial charge in [-0.15, -0.1) is 0 Å². The molecule has 0 radical (unpaired) electrons. The molecule has 3 nitrogen and oxygen atoms in total. The Morgan fingerprint density at radius 2 is 2.00 bits per heavy atom. The van der Waals surface area contributed by atoms with Crippen LogP contribution in [0.15, 0.2) is 47.2 Å². The molecule has 0 spiro atoms. The van der Waals surface area contributed by atoms with Crippen molar-refractivity contribution in [2.24, 2.45) is 0 Å². The third-order valence-electron chi connectivity index (χ3n) is 2.99. The Morgan fingerprint density at radius 3 is 2.55 bits per heavy atom. The Morgan fingerprint density at radius 1 is 1.30 bits per heavy atom. The lowest BCUT2D eigenvalue weighted by atomic mass is 9.95. The highest BCUT2D eigenvalue weighted by atomic mass is 79.9. The van der Waals surface area contributed by atoms with E-state index in [-0.39, 0.29) is 17.6 Å². The van der Waals surface area contributed by atoms with Crippen LogP contribution >= 0.6 is 15.9 Å². The van der Waals surface area contributed by atoms with Crippen LogP contribution in [0, 0.1) is 5.82 Å². The summed E-state index contributed by atoms with van der Waals surface area (Å²) in [6.07, 6.45) is 2.22. The van der Waals surface area contributed by atoms with Crippen molar-refractivity contribution < 1.29 is 9.18 Å². The number of rotatable bonds is 4. The van der Waals surface area contributed by atoms with Crippen LogP contribution < -0.4 is 5.32 Å². The smallest absolute Gasteiger partial charge is 0.231 e. The Hall–Kier alpha value is -1.75. The third-order valence-corrected chi connectivity index (χ3v) is 3.46. The number of halogens is 2. The number of nitrogens with zero attached hydrogens (tertiary/aromatic N) is 1. The highest BCUT2D eigenvalue weighted by Crippen LogP contribution is 2.22. The van der Waals surface area contributed by atoms with Crippen molar-refractivity contribution in [3.63, 3.8) is 0 Å². The third kappa shape index (κ3) is 3.63. The summed E-state index contributed by atoms with van der Waals surface area (Å²) in [5, 5.41) is 2.82. The molecule has 0 saturated heterocycles. The van der Waals surface area contributed by atoms with Crippen molar-refractivity contribution in [2.45, 2.75) is 19.3 Å². The average Bonchev–Trinajstić information content (AvgIpc) is 2.44. The summed E-state index contributed by atoms with van der Waals surface area (Å²) in [7, 11) is 0. The SMILES string of the molecule is CCC(C(=O)Nc1ccc(Br)nc1)c1ccc(F)cc1. The van der Waals surface area contributed by atoms with Gasteiger partial charge in [-0.25, -0.2) is 9.37 Å². The quantitative estimate of drug-likeness (QED) is 0.853. The van der Waals surface area contributed by atoms with Gasteiger partial charge in [-0.1, -0.05) is 19.1 Å². The number of benzene rings is 1. The van der Waals surface area contributed by atoms with Gasteiger partial charge >= 0.3 is 0 Å². The lowest BCUT2D eigenvalue weighted by Gasteiger charge is -2.15. The van der Waals surface area contributed by atoms with Crippen LogP contribution in [0.1, 0.15) is 24.8 Å². The number of anilines is 1. The van der Waals surface area contributed by atoms with Crippen molar-refractivity contribution in [3.05, 3.63) is 58.6 Å². The summed E-state index contributed by atoms with van der Waals surface area (Å²) in [5.41, 5.74) is 1.44. The minimum Gasteiger partial charge on any atom is -0.324 e. The van der Waals surface area contributed by atoms with Gasteiger partial charge in [0, 0.05) is 0 Å². The van der Waals surface area contributed by atoms with E-state index in [2.05, 4.69) is 26.2 Å².